The number of rotatable bonds is 12. The van der Waals surface area contributed by atoms with Gasteiger partial charge in [0.25, 0.3) is 0 Å². The molecule has 0 aromatic rings. The van der Waals surface area contributed by atoms with Gasteiger partial charge in [0.2, 0.25) is 0 Å². The van der Waals surface area contributed by atoms with Gasteiger partial charge in [-0.05, 0) is 91.8 Å². The number of aliphatic hydroxyl groups is 7. The van der Waals surface area contributed by atoms with Gasteiger partial charge in [0.15, 0.2) is 12.6 Å². The molecule has 302 valence electrons. The van der Waals surface area contributed by atoms with Gasteiger partial charge in [-0.15, -0.1) is 0 Å². The van der Waals surface area contributed by atoms with Gasteiger partial charge in [0.05, 0.1) is 43.2 Å². The Labute approximate surface area is 309 Å². The summed E-state index contributed by atoms with van der Waals surface area (Å²) in [5, 5.41) is 78.6. The molecule has 0 aromatic carbocycles. The van der Waals surface area contributed by atoms with E-state index in [9.17, 15) is 35.7 Å². The van der Waals surface area contributed by atoms with E-state index in [1.165, 1.54) is 14.2 Å². The molecule has 20 atom stereocenters. The number of aliphatic hydroxyl groups excluding tert-OH is 6. The highest BCUT2D eigenvalue weighted by Gasteiger charge is 2.70. The van der Waals surface area contributed by atoms with Crippen LogP contribution in [0.3, 0.4) is 0 Å². The van der Waals surface area contributed by atoms with Gasteiger partial charge in [-0.1, -0.05) is 34.6 Å². The average molecular weight is 745 g/mol. The van der Waals surface area contributed by atoms with Crippen molar-refractivity contribution < 1.29 is 64.2 Å². The minimum atomic E-state index is -1.29. The van der Waals surface area contributed by atoms with Crippen LogP contribution >= 0.6 is 0 Å². The molecule has 7 N–H and O–H groups in total. The Morgan fingerprint density at radius 3 is 2.19 bits per heavy atom. The van der Waals surface area contributed by atoms with Crippen molar-refractivity contribution in [3.8, 4) is 0 Å². The quantitative estimate of drug-likeness (QED) is 0.153. The van der Waals surface area contributed by atoms with E-state index in [2.05, 4.69) is 34.6 Å². The maximum absolute atomic E-state index is 12.6. The molecule has 13 nitrogen and oxygen atoms in total. The summed E-state index contributed by atoms with van der Waals surface area (Å²) in [6.07, 6.45) is -3.79. The fourth-order valence-corrected chi connectivity index (χ4v) is 12.3. The summed E-state index contributed by atoms with van der Waals surface area (Å²) in [7, 11) is 2.92. The molecule has 0 radical (unpaired) electrons. The smallest absolute Gasteiger partial charge is 0.186 e. The first kappa shape index (κ1) is 41.1. The summed E-state index contributed by atoms with van der Waals surface area (Å²) < 4.78 is 34.6. The van der Waals surface area contributed by atoms with Crippen LogP contribution in [-0.4, -0.2) is 142 Å². The fraction of sp³-hybridized carbons (Fsp3) is 1.00. The van der Waals surface area contributed by atoms with E-state index < -0.39 is 73.1 Å². The Balaban J connectivity index is 1.06. The van der Waals surface area contributed by atoms with Crippen molar-refractivity contribution in [2.24, 2.45) is 46.3 Å². The summed E-state index contributed by atoms with van der Waals surface area (Å²) in [6, 6.07) is 0. The maximum atomic E-state index is 12.6. The second-order valence-corrected chi connectivity index (χ2v) is 18.3. The monoisotopic (exact) mass is 744 g/mol. The second-order valence-electron chi connectivity index (χ2n) is 18.3. The van der Waals surface area contributed by atoms with Gasteiger partial charge < -0.3 is 64.2 Å². The van der Waals surface area contributed by atoms with Crippen LogP contribution in [0.15, 0.2) is 0 Å². The molecule has 4 saturated carbocycles. The Hall–Kier alpha value is -0.520. The van der Waals surface area contributed by atoms with E-state index in [0.717, 1.165) is 25.7 Å². The Kier molecular flexibility index (Phi) is 12.5. The largest absolute Gasteiger partial charge is 0.393 e. The number of fused-ring (bicyclic) bond motifs is 5. The summed E-state index contributed by atoms with van der Waals surface area (Å²) in [5.74, 6) is 0.0285. The molecular weight excluding hydrogens is 676 g/mol. The minimum absolute atomic E-state index is 0.0324. The Bertz CT molecular complexity index is 1190. The van der Waals surface area contributed by atoms with Gasteiger partial charge in [-0.3, -0.25) is 0 Å². The molecule has 6 rings (SSSR count). The van der Waals surface area contributed by atoms with Gasteiger partial charge in [-0.25, -0.2) is 0 Å². The molecule has 0 aromatic heterocycles. The third-order valence-electron chi connectivity index (χ3n) is 15.1. The summed E-state index contributed by atoms with van der Waals surface area (Å²) >= 11 is 0. The first-order chi connectivity index (χ1) is 24.5. The van der Waals surface area contributed by atoms with Crippen molar-refractivity contribution in [2.45, 2.75) is 172 Å². The van der Waals surface area contributed by atoms with Crippen LogP contribution in [-0.2, 0) is 28.4 Å². The van der Waals surface area contributed by atoms with Gasteiger partial charge in [0, 0.05) is 26.6 Å². The van der Waals surface area contributed by atoms with Crippen molar-refractivity contribution in [1.29, 1.82) is 0 Å². The Morgan fingerprint density at radius 1 is 0.808 bits per heavy atom. The predicted molar refractivity (Wildman–Crippen MR) is 188 cm³/mol. The molecule has 2 aliphatic heterocycles. The zero-order chi connectivity index (χ0) is 37.9. The lowest BCUT2D eigenvalue weighted by Crippen LogP contribution is -2.68. The third kappa shape index (κ3) is 7.16. The number of hydrogen-bond donors (Lipinski definition) is 7. The minimum Gasteiger partial charge on any atom is -0.393 e. The third-order valence-corrected chi connectivity index (χ3v) is 15.1. The summed E-state index contributed by atoms with van der Waals surface area (Å²) in [5.41, 5.74) is -1.76. The van der Waals surface area contributed by atoms with E-state index in [-0.39, 0.29) is 72.1 Å². The highest BCUT2D eigenvalue weighted by atomic mass is 16.7. The first-order valence-electron chi connectivity index (χ1n) is 19.9. The van der Waals surface area contributed by atoms with E-state index in [0.29, 0.717) is 25.7 Å². The highest BCUT2D eigenvalue weighted by molar-refractivity contribution is 5.20. The van der Waals surface area contributed by atoms with E-state index in [1.54, 1.807) is 0 Å². The molecule has 2 saturated heterocycles. The molecule has 2 heterocycles. The Morgan fingerprint density at radius 2 is 1.52 bits per heavy atom. The molecule has 0 bridgehead atoms. The maximum Gasteiger partial charge on any atom is 0.186 e. The lowest BCUT2D eigenvalue weighted by atomic mass is 9.42. The number of methoxy groups -OCH3 is 2. The molecule has 13 heteroatoms. The standard InChI is InChI=1S/C39H68O13/c1-19(2)26(51-35-32(45)30(43)28(52-35)18-50-36-33(48-7)31(44)27(47-6)17-49-36)9-8-20(3)22-15-24(41)34-38(22,5)13-11-29-37(4)12-10-21(40)14-23(37)25(42)16-39(29,34)46/h19-36,40-46H,8-18H2,1-7H3. The van der Waals surface area contributed by atoms with E-state index >= 15 is 0 Å². The number of hydrogen-bond acceptors (Lipinski definition) is 13. The zero-order valence-corrected chi connectivity index (χ0v) is 32.3. The van der Waals surface area contributed by atoms with Crippen LogP contribution in [0.25, 0.3) is 0 Å². The number of ether oxygens (including phenoxy) is 6. The van der Waals surface area contributed by atoms with Gasteiger partial charge in [0.1, 0.15) is 36.6 Å². The topological polar surface area (TPSA) is 197 Å². The molecule has 6 aliphatic rings. The first-order valence-corrected chi connectivity index (χ1v) is 19.9. The lowest BCUT2D eigenvalue weighted by Gasteiger charge is -2.66. The molecular formula is C39H68O13. The van der Waals surface area contributed by atoms with E-state index in [1.807, 2.05) is 0 Å². The van der Waals surface area contributed by atoms with Crippen LogP contribution in [0.4, 0.5) is 0 Å². The molecule has 20 unspecified atom stereocenters. The zero-order valence-electron chi connectivity index (χ0n) is 32.3. The predicted octanol–water partition coefficient (Wildman–Crippen LogP) is 1.73. The van der Waals surface area contributed by atoms with Crippen LogP contribution < -0.4 is 0 Å². The fourth-order valence-electron chi connectivity index (χ4n) is 12.3. The molecule has 52 heavy (non-hydrogen) atoms. The van der Waals surface area contributed by atoms with Crippen molar-refractivity contribution >= 4 is 0 Å². The normalized spacial score (nSPS) is 51.9. The second kappa shape index (κ2) is 15.8. The van der Waals surface area contributed by atoms with Crippen LogP contribution in [0.2, 0.25) is 0 Å². The van der Waals surface area contributed by atoms with Crippen LogP contribution in [0.1, 0.15) is 92.4 Å². The van der Waals surface area contributed by atoms with Gasteiger partial charge in [-0.2, -0.15) is 0 Å². The van der Waals surface area contributed by atoms with E-state index in [4.69, 9.17) is 28.4 Å². The van der Waals surface area contributed by atoms with Gasteiger partial charge >= 0.3 is 0 Å². The van der Waals surface area contributed by atoms with Crippen molar-refractivity contribution in [3.63, 3.8) is 0 Å². The summed E-state index contributed by atoms with van der Waals surface area (Å²) in [6.45, 7) is 10.7. The molecule has 0 spiro atoms. The van der Waals surface area contributed by atoms with Crippen molar-refractivity contribution in [1.82, 2.24) is 0 Å². The molecule has 6 fully saturated rings. The van der Waals surface area contributed by atoms with Crippen LogP contribution in [0.5, 0.6) is 0 Å². The summed E-state index contributed by atoms with van der Waals surface area (Å²) in [4.78, 5) is 0. The average Bonchev–Trinajstić information content (AvgIpc) is 3.53. The van der Waals surface area contributed by atoms with Crippen LogP contribution in [0, 0.1) is 46.3 Å². The molecule has 0 amide bonds. The van der Waals surface area contributed by atoms with Crippen molar-refractivity contribution in [2.75, 3.05) is 27.4 Å². The highest BCUT2D eigenvalue weighted by Crippen LogP contribution is 2.69. The SMILES string of the molecule is COC1COC(OCC2OC(OC(CCC(C)C3CC(O)C4C3(C)CCC3C5(C)CCC(O)CC5C(O)CC34O)C(C)C)C(O)C2O)C(OC)C1O. The van der Waals surface area contributed by atoms with Crippen molar-refractivity contribution in [3.05, 3.63) is 0 Å². The molecule has 4 aliphatic carbocycles. The lowest BCUT2D eigenvalue weighted by molar-refractivity contribution is -0.287.